The lowest BCUT2D eigenvalue weighted by molar-refractivity contribution is -0.147. The van der Waals surface area contributed by atoms with Crippen LogP contribution in [0.15, 0.2) is 53.4 Å². The van der Waals surface area contributed by atoms with Gasteiger partial charge in [-0.2, -0.15) is 0 Å². The van der Waals surface area contributed by atoms with Crippen molar-refractivity contribution in [3.8, 4) is 0 Å². The van der Waals surface area contributed by atoms with Crippen LogP contribution in [0, 0.1) is 5.82 Å². The van der Waals surface area contributed by atoms with E-state index < -0.39 is 52.8 Å². The van der Waals surface area contributed by atoms with Gasteiger partial charge in [-0.05, 0) is 42.3 Å². The number of hydrogen-bond donors (Lipinski definition) is 5. The van der Waals surface area contributed by atoms with Crippen molar-refractivity contribution < 1.29 is 33.2 Å². The lowest BCUT2D eigenvalue weighted by Gasteiger charge is -2.43. The number of hydrogen-bond acceptors (Lipinski definition) is 7. The van der Waals surface area contributed by atoms with E-state index in [-0.39, 0.29) is 18.0 Å². The van der Waals surface area contributed by atoms with Crippen molar-refractivity contribution >= 4 is 10.0 Å². The van der Waals surface area contributed by atoms with Crippen molar-refractivity contribution in [2.45, 2.75) is 48.8 Å². The van der Waals surface area contributed by atoms with Gasteiger partial charge in [0.1, 0.15) is 18.0 Å². The van der Waals surface area contributed by atoms with Gasteiger partial charge < -0.3 is 20.4 Å². The average Bonchev–Trinajstić information content (AvgIpc) is 2.73. The zero-order valence-electron chi connectivity index (χ0n) is 17.0. The first kappa shape index (κ1) is 23.7. The number of piperidine rings is 1. The van der Waals surface area contributed by atoms with Crippen LogP contribution in [0.3, 0.4) is 0 Å². The smallest absolute Gasteiger partial charge is 0.241 e. The van der Waals surface area contributed by atoms with Gasteiger partial charge in [-0.25, -0.2) is 17.5 Å². The van der Waals surface area contributed by atoms with E-state index in [1.54, 1.807) is 24.0 Å². The van der Waals surface area contributed by atoms with Gasteiger partial charge in [-0.15, -0.1) is 0 Å². The molecule has 10 heteroatoms. The number of β-amino-alcohol motifs (C(OH)–C–C–N with tert-alkyl or cyclic N) is 1. The van der Waals surface area contributed by atoms with Crippen LogP contribution in [0.4, 0.5) is 4.39 Å². The van der Waals surface area contributed by atoms with E-state index in [4.69, 9.17) is 0 Å². The van der Waals surface area contributed by atoms with Gasteiger partial charge in [0.2, 0.25) is 10.0 Å². The molecule has 0 saturated carbocycles. The lowest BCUT2D eigenvalue weighted by atomic mass is 9.94. The maximum Gasteiger partial charge on any atom is 0.241 e. The Morgan fingerprint density at radius 2 is 1.68 bits per heavy atom. The number of sulfonamides is 1. The lowest BCUT2D eigenvalue weighted by Crippen LogP contribution is -2.62. The molecule has 2 aromatic carbocycles. The molecule has 170 valence electrons. The third-order valence-electron chi connectivity index (χ3n) is 5.54. The van der Waals surface area contributed by atoms with Gasteiger partial charge in [0.05, 0.1) is 23.6 Å². The zero-order valence-corrected chi connectivity index (χ0v) is 17.8. The normalized spacial score (nSPS) is 26.0. The minimum absolute atomic E-state index is 0.0538. The summed E-state index contributed by atoms with van der Waals surface area (Å²) in [4.78, 5) is 1.69. The number of aliphatic hydroxyl groups is 4. The van der Waals surface area contributed by atoms with Crippen molar-refractivity contribution in [1.82, 2.24) is 9.62 Å². The summed E-state index contributed by atoms with van der Waals surface area (Å²) < 4.78 is 41.0. The summed E-state index contributed by atoms with van der Waals surface area (Å²) in [6.45, 7) is 1.56. The topological polar surface area (TPSA) is 130 Å². The fourth-order valence-corrected chi connectivity index (χ4v) is 4.92. The molecule has 0 unspecified atom stereocenters. The summed E-state index contributed by atoms with van der Waals surface area (Å²) in [5, 5.41) is 39.3. The fraction of sp³-hybridized carbons (Fsp3) is 0.429. The molecular formula is C21H27FN2O6S. The Hall–Kier alpha value is -1.92. The Morgan fingerprint density at radius 3 is 2.26 bits per heavy atom. The molecule has 0 radical (unpaired) electrons. The van der Waals surface area contributed by atoms with Crippen LogP contribution in [-0.4, -0.2) is 71.2 Å². The highest BCUT2D eigenvalue weighted by Gasteiger charge is 2.40. The molecule has 1 saturated heterocycles. The van der Waals surface area contributed by atoms with Crippen LogP contribution in [0.1, 0.15) is 24.1 Å². The predicted molar refractivity (Wildman–Crippen MR) is 111 cm³/mol. The number of aliphatic hydroxyl groups excluding tert-OH is 4. The van der Waals surface area contributed by atoms with Crippen LogP contribution in [0.25, 0.3) is 0 Å². The van der Waals surface area contributed by atoms with E-state index in [1.807, 2.05) is 0 Å². The highest BCUT2D eigenvalue weighted by atomic mass is 32.2. The molecule has 5 atom stereocenters. The second-order valence-corrected chi connectivity index (χ2v) is 9.48. The van der Waals surface area contributed by atoms with Crippen molar-refractivity contribution in [2.75, 3.05) is 13.2 Å². The molecule has 1 aliphatic heterocycles. The molecule has 1 aliphatic rings. The molecule has 3 rings (SSSR count). The van der Waals surface area contributed by atoms with Crippen LogP contribution in [-0.2, 0) is 16.6 Å². The molecule has 0 aliphatic carbocycles. The molecule has 31 heavy (non-hydrogen) atoms. The highest BCUT2D eigenvalue weighted by molar-refractivity contribution is 7.89. The first-order chi connectivity index (χ1) is 14.6. The standard InChI is InChI=1S/C21H27FN2O6S/c1-13(15-4-6-16(22)7-5-15)23-31(29,30)17-8-2-14(3-9-17)10-24-11-19(26)21(28)20(27)18(24)12-25/h2-9,13,18-21,23,25-28H,10-12H2,1H3/t13-,18-,19-,20+,21+/m0/s1. The average molecular weight is 455 g/mol. The second kappa shape index (κ2) is 9.70. The monoisotopic (exact) mass is 454 g/mol. The second-order valence-electron chi connectivity index (χ2n) is 7.77. The zero-order chi connectivity index (χ0) is 22.8. The van der Waals surface area contributed by atoms with Crippen LogP contribution in [0.2, 0.25) is 0 Å². The third kappa shape index (κ3) is 5.47. The van der Waals surface area contributed by atoms with E-state index in [9.17, 15) is 33.2 Å². The molecule has 2 aromatic rings. The highest BCUT2D eigenvalue weighted by Crippen LogP contribution is 2.22. The Kier molecular flexibility index (Phi) is 7.43. The summed E-state index contributed by atoms with van der Waals surface area (Å²) in [5.41, 5.74) is 1.33. The largest absolute Gasteiger partial charge is 0.395 e. The fourth-order valence-electron chi connectivity index (χ4n) is 3.69. The Labute approximate surface area is 180 Å². The van der Waals surface area contributed by atoms with Crippen molar-refractivity contribution in [3.05, 3.63) is 65.5 Å². The Morgan fingerprint density at radius 1 is 1.06 bits per heavy atom. The van der Waals surface area contributed by atoms with E-state index in [2.05, 4.69) is 4.72 Å². The van der Waals surface area contributed by atoms with Gasteiger partial charge in [0.25, 0.3) is 0 Å². The van der Waals surface area contributed by atoms with Crippen molar-refractivity contribution in [1.29, 1.82) is 0 Å². The molecule has 1 heterocycles. The van der Waals surface area contributed by atoms with Gasteiger partial charge >= 0.3 is 0 Å². The molecule has 5 N–H and O–H groups in total. The number of benzene rings is 2. The quantitative estimate of drug-likeness (QED) is 0.402. The summed E-state index contributed by atoms with van der Waals surface area (Å²) >= 11 is 0. The van der Waals surface area contributed by atoms with Crippen LogP contribution in [0.5, 0.6) is 0 Å². The maximum absolute atomic E-state index is 13.1. The van der Waals surface area contributed by atoms with Crippen molar-refractivity contribution in [3.63, 3.8) is 0 Å². The van der Waals surface area contributed by atoms with Gasteiger partial charge in [0.15, 0.2) is 0 Å². The molecular weight excluding hydrogens is 427 g/mol. The maximum atomic E-state index is 13.1. The predicted octanol–water partition coefficient (Wildman–Crippen LogP) is 0.124. The van der Waals surface area contributed by atoms with Crippen LogP contribution < -0.4 is 4.72 Å². The first-order valence-electron chi connectivity index (χ1n) is 9.88. The van der Waals surface area contributed by atoms with E-state index in [1.165, 1.54) is 36.4 Å². The Bertz CT molecular complexity index is 970. The Balaban J connectivity index is 1.69. The van der Waals surface area contributed by atoms with Gasteiger partial charge in [-0.1, -0.05) is 24.3 Å². The van der Waals surface area contributed by atoms with Crippen molar-refractivity contribution in [2.24, 2.45) is 0 Å². The number of halogens is 1. The molecule has 1 fully saturated rings. The minimum atomic E-state index is -3.82. The van der Waals surface area contributed by atoms with Crippen LogP contribution >= 0.6 is 0 Å². The molecule has 8 nitrogen and oxygen atoms in total. The van der Waals surface area contributed by atoms with Gasteiger partial charge in [-0.3, -0.25) is 4.90 Å². The third-order valence-corrected chi connectivity index (χ3v) is 7.09. The van der Waals surface area contributed by atoms with E-state index in [0.717, 1.165) is 0 Å². The van der Waals surface area contributed by atoms with E-state index >= 15 is 0 Å². The summed E-state index contributed by atoms with van der Waals surface area (Å²) in [6, 6.07) is 10.3. The molecule has 0 spiro atoms. The molecule has 0 amide bonds. The SMILES string of the molecule is C[C@H](NS(=O)(=O)c1ccc(CN2C[C@H](O)[C@@H](O)[C@H](O)[C@@H]2CO)cc1)c1ccc(F)cc1. The first-order valence-corrected chi connectivity index (χ1v) is 11.4. The summed E-state index contributed by atoms with van der Waals surface area (Å²) in [6.07, 6.45) is -3.80. The van der Waals surface area contributed by atoms with Gasteiger partial charge in [0, 0.05) is 19.1 Å². The summed E-state index contributed by atoms with van der Waals surface area (Å²) in [7, 11) is -3.82. The number of likely N-dealkylation sites (tertiary alicyclic amines) is 1. The number of rotatable bonds is 7. The molecule has 0 bridgehead atoms. The number of nitrogens with one attached hydrogen (secondary N) is 1. The van der Waals surface area contributed by atoms with E-state index in [0.29, 0.717) is 11.1 Å². The molecule has 0 aromatic heterocycles. The minimum Gasteiger partial charge on any atom is -0.395 e. The number of nitrogens with zero attached hydrogens (tertiary/aromatic N) is 1. The summed E-state index contributed by atoms with van der Waals surface area (Å²) in [5.74, 6) is -0.402.